The summed E-state index contributed by atoms with van der Waals surface area (Å²) in [5.74, 6) is 3.40. The highest BCUT2D eigenvalue weighted by molar-refractivity contribution is 5.71. The molecule has 1 fully saturated rings. The Bertz CT molecular complexity index is 1040. The van der Waals surface area contributed by atoms with Crippen molar-refractivity contribution in [3.05, 3.63) is 60.9 Å². The summed E-state index contributed by atoms with van der Waals surface area (Å²) in [6.07, 6.45) is 11.0. The molecule has 4 aromatic rings. The highest BCUT2D eigenvalue weighted by Gasteiger charge is 2.32. The Kier molecular flexibility index (Phi) is 3.93. The number of H-pyrrole nitrogens is 1. The average molecular weight is 361 g/mol. The lowest BCUT2D eigenvalue weighted by molar-refractivity contribution is 0.156. The summed E-state index contributed by atoms with van der Waals surface area (Å²) in [4.78, 5) is 8.45. The molecule has 0 radical (unpaired) electrons. The van der Waals surface area contributed by atoms with E-state index >= 15 is 0 Å². The molecule has 0 aromatic carbocycles. The Morgan fingerprint density at radius 2 is 2.19 bits per heavy atom. The van der Waals surface area contributed by atoms with Crippen molar-refractivity contribution >= 4 is 17.2 Å². The highest BCUT2D eigenvalue weighted by Crippen LogP contribution is 2.41. The van der Waals surface area contributed by atoms with Crippen LogP contribution in [0.25, 0.3) is 5.52 Å². The summed E-state index contributed by atoms with van der Waals surface area (Å²) in [6.45, 7) is 0.731. The maximum atomic E-state index is 5.79. The SMILES string of the molecule is c1cncc(OC[C@H]2C[C@H](c3cc(Nc4nccn5nccc45)n[nH]3)C2)c1. The fourth-order valence-electron chi connectivity index (χ4n) is 3.46. The highest BCUT2D eigenvalue weighted by atomic mass is 16.5. The fraction of sp³-hybridized carbons (Fsp3) is 0.263. The van der Waals surface area contributed by atoms with E-state index in [2.05, 4.69) is 36.6 Å². The second kappa shape index (κ2) is 6.71. The van der Waals surface area contributed by atoms with Crippen LogP contribution in [0.4, 0.5) is 11.6 Å². The monoisotopic (exact) mass is 361 g/mol. The van der Waals surface area contributed by atoms with Gasteiger partial charge in [-0.05, 0) is 37.0 Å². The van der Waals surface area contributed by atoms with Gasteiger partial charge < -0.3 is 10.1 Å². The van der Waals surface area contributed by atoms with Crippen molar-refractivity contribution in [1.82, 2.24) is 29.8 Å². The lowest BCUT2D eigenvalue weighted by Crippen LogP contribution is -2.27. The summed E-state index contributed by atoms with van der Waals surface area (Å²) in [5, 5.41) is 15.0. The van der Waals surface area contributed by atoms with Crippen molar-refractivity contribution in [2.45, 2.75) is 18.8 Å². The molecular weight excluding hydrogens is 342 g/mol. The quantitative estimate of drug-likeness (QED) is 0.548. The molecule has 8 nitrogen and oxygen atoms in total. The molecule has 0 atom stereocenters. The van der Waals surface area contributed by atoms with Crippen LogP contribution in [0.2, 0.25) is 0 Å². The van der Waals surface area contributed by atoms with Crippen LogP contribution in [-0.2, 0) is 0 Å². The molecule has 0 unspecified atom stereocenters. The van der Waals surface area contributed by atoms with Crippen LogP contribution in [0, 0.1) is 5.92 Å². The first-order valence-corrected chi connectivity index (χ1v) is 8.98. The van der Waals surface area contributed by atoms with Crippen LogP contribution in [0.5, 0.6) is 5.75 Å². The first kappa shape index (κ1) is 15.8. The predicted octanol–water partition coefficient (Wildman–Crippen LogP) is 3.16. The lowest BCUT2D eigenvalue weighted by Gasteiger charge is -2.34. The van der Waals surface area contributed by atoms with Gasteiger partial charge in [0.1, 0.15) is 11.3 Å². The van der Waals surface area contributed by atoms with Crippen molar-refractivity contribution in [2.24, 2.45) is 5.92 Å². The Balaban J connectivity index is 1.18. The maximum Gasteiger partial charge on any atom is 0.157 e. The molecule has 1 saturated carbocycles. The molecule has 1 aliphatic carbocycles. The molecule has 0 spiro atoms. The molecule has 0 amide bonds. The summed E-state index contributed by atoms with van der Waals surface area (Å²) in [5.41, 5.74) is 2.06. The molecule has 5 rings (SSSR count). The number of nitrogens with one attached hydrogen (secondary N) is 2. The standard InChI is InChI=1S/C19H19N7O/c1-2-15(11-20-4-1)27-12-13-8-14(9-13)16-10-18(25-24-16)23-19-17-3-5-22-26(17)7-6-21-19/h1-7,10-11,13-14H,8-9,12H2,(H2,21,23,24,25)/t13-,14-. The van der Waals surface area contributed by atoms with Gasteiger partial charge in [0.05, 0.1) is 19.0 Å². The number of aromatic amines is 1. The average Bonchev–Trinajstić information content (AvgIpc) is 3.31. The van der Waals surface area contributed by atoms with Gasteiger partial charge in [0.25, 0.3) is 0 Å². The van der Waals surface area contributed by atoms with E-state index in [4.69, 9.17) is 4.74 Å². The van der Waals surface area contributed by atoms with Gasteiger partial charge in [-0.25, -0.2) is 9.50 Å². The Morgan fingerprint density at radius 3 is 3.07 bits per heavy atom. The summed E-state index contributed by atoms with van der Waals surface area (Å²) in [6, 6.07) is 7.80. The summed E-state index contributed by atoms with van der Waals surface area (Å²) in [7, 11) is 0. The van der Waals surface area contributed by atoms with Crippen LogP contribution in [-0.4, -0.2) is 36.4 Å². The van der Waals surface area contributed by atoms with Crippen molar-refractivity contribution in [2.75, 3.05) is 11.9 Å². The zero-order valence-electron chi connectivity index (χ0n) is 14.6. The Labute approximate surface area is 155 Å². The number of aromatic nitrogens is 6. The molecule has 0 aliphatic heterocycles. The van der Waals surface area contributed by atoms with Crippen LogP contribution in [0.15, 0.2) is 55.2 Å². The largest absolute Gasteiger partial charge is 0.492 e. The van der Waals surface area contributed by atoms with E-state index in [-0.39, 0.29) is 0 Å². The third-order valence-corrected chi connectivity index (χ3v) is 4.96. The third-order valence-electron chi connectivity index (χ3n) is 4.96. The molecule has 8 heteroatoms. The number of ether oxygens (including phenoxy) is 1. The topological polar surface area (TPSA) is 93.0 Å². The van der Waals surface area contributed by atoms with Crippen LogP contribution < -0.4 is 10.1 Å². The molecule has 1 aliphatic rings. The summed E-state index contributed by atoms with van der Waals surface area (Å²) < 4.78 is 7.57. The summed E-state index contributed by atoms with van der Waals surface area (Å²) >= 11 is 0. The van der Waals surface area contributed by atoms with Crippen molar-refractivity contribution in [1.29, 1.82) is 0 Å². The minimum atomic E-state index is 0.495. The first-order chi connectivity index (χ1) is 13.3. The number of fused-ring (bicyclic) bond motifs is 1. The molecule has 2 N–H and O–H groups in total. The van der Waals surface area contributed by atoms with E-state index in [1.54, 1.807) is 29.3 Å². The van der Waals surface area contributed by atoms with Gasteiger partial charge in [0.2, 0.25) is 0 Å². The van der Waals surface area contributed by atoms with Gasteiger partial charge in [-0.2, -0.15) is 10.2 Å². The number of hydrogen-bond donors (Lipinski definition) is 2. The number of pyridine rings is 1. The molecule has 4 heterocycles. The number of nitrogens with zero attached hydrogens (tertiary/aromatic N) is 5. The van der Waals surface area contributed by atoms with E-state index in [1.165, 1.54) is 0 Å². The number of anilines is 2. The van der Waals surface area contributed by atoms with E-state index < -0.39 is 0 Å². The van der Waals surface area contributed by atoms with Gasteiger partial charge in [-0.15, -0.1) is 0 Å². The normalized spacial score (nSPS) is 19.0. The van der Waals surface area contributed by atoms with Crippen LogP contribution in [0.3, 0.4) is 0 Å². The fourth-order valence-corrected chi connectivity index (χ4v) is 3.46. The van der Waals surface area contributed by atoms with Crippen molar-refractivity contribution in [3.8, 4) is 5.75 Å². The van der Waals surface area contributed by atoms with Crippen molar-refractivity contribution in [3.63, 3.8) is 0 Å². The van der Waals surface area contributed by atoms with Gasteiger partial charge in [-0.3, -0.25) is 10.1 Å². The van der Waals surface area contributed by atoms with Crippen molar-refractivity contribution < 1.29 is 4.74 Å². The number of rotatable bonds is 6. The zero-order valence-corrected chi connectivity index (χ0v) is 14.6. The Morgan fingerprint density at radius 1 is 1.22 bits per heavy atom. The van der Waals surface area contributed by atoms with Crippen LogP contribution >= 0.6 is 0 Å². The van der Waals surface area contributed by atoms with E-state index in [9.17, 15) is 0 Å². The molecule has 4 aromatic heterocycles. The molecular formula is C19H19N7O. The molecule has 0 saturated heterocycles. The van der Waals surface area contributed by atoms with Gasteiger partial charge in [-0.1, -0.05) is 0 Å². The lowest BCUT2D eigenvalue weighted by atomic mass is 9.74. The molecule has 0 bridgehead atoms. The van der Waals surface area contributed by atoms with E-state index in [0.717, 1.165) is 48.0 Å². The minimum absolute atomic E-state index is 0.495. The second-order valence-corrected chi connectivity index (χ2v) is 6.80. The predicted molar refractivity (Wildman–Crippen MR) is 100 cm³/mol. The minimum Gasteiger partial charge on any atom is -0.492 e. The van der Waals surface area contributed by atoms with E-state index in [0.29, 0.717) is 11.8 Å². The third kappa shape index (κ3) is 3.21. The van der Waals surface area contributed by atoms with Gasteiger partial charge in [0, 0.05) is 36.3 Å². The maximum absolute atomic E-state index is 5.79. The van der Waals surface area contributed by atoms with Gasteiger partial charge in [0.15, 0.2) is 11.6 Å². The molecule has 136 valence electrons. The van der Waals surface area contributed by atoms with Gasteiger partial charge >= 0.3 is 0 Å². The van der Waals surface area contributed by atoms with E-state index in [1.807, 2.05) is 24.4 Å². The Hall–Kier alpha value is -3.42. The zero-order chi connectivity index (χ0) is 18.1. The second-order valence-electron chi connectivity index (χ2n) is 6.80. The smallest absolute Gasteiger partial charge is 0.157 e. The first-order valence-electron chi connectivity index (χ1n) is 8.98. The number of hydrogen-bond acceptors (Lipinski definition) is 6. The molecule has 27 heavy (non-hydrogen) atoms. The van der Waals surface area contributed by atoms with Crippen LogP contribution in [0.1, 0.15) is 24.5 Å².